The molecule has 8 nitrogen and oxygen atoms in total. The minimum atomic E-state index is -0.439. The van der Waals surface area contributed by atoms with E-state index >= 15 is 0 Å². The summed E-state index contributed by atoms with van der Waals surface area (Å²) in [6.45, 7) is 6.03. The zero-order valence-electron chi connectivity index (χ0n) is 19.0. The molecule has 1 saturated carbocycles. The molecular formula is C23H34FN7O. The van der Waals surface area contributed by atoms with Gasteiger partial charge in [0.15, 0.2) is 11.6 Å². The molecule has 0 radical (unpaired) electrons. The number of likely N-dealkylation sites (tertiary alicyclic amines) is 1. The third kappa shape index (κ3) is 5.76. The van der Waals surface area contributed by atoms with Crippen molar-refractivity contribution in [3.05, 3.63) is 24.0 Å². The van der Waals surface area contributed by atoms with Crippen LogP contribution < -0.4 is 20.7 Å². The molecule has 32 heavy (non-hydrogen) atoms. The van der Waals surface area contributed by atoms with Crippen LogP contribution in [0.15, 0.2) is 18.2 Å². The van der Waals surface area contributed by atoms with Crippen LogP contribution >= 0.6 is 0 Å². The number of benzene rings is 1. The van der Waals surface area contributed by atoms with Crippen LogP contribution in [-0.2, 0) is 0 Å². The van der Waals surface area contributed by atoms with Crippen molar-refractivity contribution in [3.8, 4) is 5.75 Å². The fourth-order valence-corrected chi connectivity index (χ4v) is 4.67. The fraction of sp³-hybridized carbons (Fsp3) is 0.609. The van der Waals surface area contributed by atoms with Crippen LogP contribution in [0.4, 0.5) is 27.9 Å². The first kappa shape index (κ1) is 22.5. The number of likely N-dealkylation sites (N-methyl/N-ethyl adjacent to an activating group) is 1. The van der Waals surface area contributed by atoms with E-state index in [2.05, 4.69) is 42.7 Å². The lowest BCUT2D eigenvalue weighted by Crippen LogP contribution is -2.35. The van der Waals surface area contributed by atoms with E-state index in [0.29, 0.717) is 35.5 Å². The van der Waals surface area contributed by atoms with E-state index in [1.807, 2.05) is 0 Å². The number of nitrogens with zero attached hydrogens (tertiary/aromatic N) is 4. The van der Waals surface area contributed by atoms with Gasteiger partial charge in [-0.1, -0.05) is 19.8 Å². The minimum Gasteiger partial charge on any atom is -0.494 e. The van der Waals surface area contributed by atoms with Gasteiger partial charge < -0.3 is 20.7 Å². The zero-order chi connectivity index (χ0) is 22.3. The van der Waals surface area contributed by atoms with Crippen LogP contribution in [0.3, 0.4) is 0 Å². The van der Waals surface area contributed by atoms with E-state index in [9.17, 15) is 4.39 Å². The first-order valence-electron chi connectivity index (χ1n) is 11.7. The van der Waals surface area contributed by atoms with Gasteiger partial charge in [0.05, 0.1) is 7.11 Å². The first-order chi connectivity index (χ1) is 15.6. The Hall–Kier alpha value is -2.68. The second kappa shape index (κ2) is 10.8. The molecule has 2 heterocycles. The lowest BCUT2D eigenvalue weighted by molar-refractivity contribution is 0.277. The summed E-state index contributed by atoms with van der Waals surface area (Å²) in [6, 6.07) is 5.18. The van der Waals surface area contributed by atoms with Gasteiger partial charge in [-0.2, -0.15) is 15.0 Å². The molecule has 2 fully saturated rings. The number of ether oxygens (including phenoxy) is 1. The monoisotopic (exact) mass is 443 g/mol. The zero-order valence-corrected chi connectivity index (χ0v) is 19.0. The van der Waals surface area contributed by atoms with E-state index in [0.717, 1.165) is 26.2 Å². The van der Waals surface area contributed by atoms with Crippen LogP contribution in [-0.4, -0.2) is 59.2 Å². The van der Waals surface area contributed by atoms with Crippen molar-refractivity contribution in [2.45, 2.75) is 51.5 Å². The maximum Gasteiger partial charge on any atom is 0.233 e. The van der Waals surface area contributed by atoms with E-state index in [4.69, 9.17) is 4.74 Å². The topological polar surface area (TPSA) is 87.2 Å². The molecule has 2 aromatic rings. The van der Waals surface area contributed by atoms with E-state index < -0.39 is 5.82 Å². The van der Waals surface area contributed by atoms with Crippen molar-refractivity contribution in [1.29, 1.82) is 0 Å². The molecule has 9 heteroatoms. The summed E-state index contributed by atoms with van der Waals surface area (Å²) < 4.78 is 19.1. The number of hydrogen-bond acceptors (Lipinski definition) is 8. The molecule has 3 N–H and O–H groups in total. The highest BCUT2D eigenvalue weighted by Gasteiger charge is 2.23. The van der Waals surface area contributed by atoms with Gasteiger partial charge in [-0.3, -0.25) is 4.90 Å². The Morgan fingerprint density at radius 2 is 1.72 bits per heavy atom. The van der Waals surface area contributed by atoms with Crippen LogP contribution in [0.5, 0.6) is 5.75 Å². The predicted octanol–water partition coefficient (Wildman–Crippen LogP) is 4.26. The first-order valence-corrected chi connectivity index (χ1v) is 11.7. The molecule has 4 rings (SSSR count). The summed E-state index contributed by atoms with van der Waals surface area (Å²) in [5.74, 6) is 1.85. The van der Waals surface area contributed by atoms with Gasteiger partial charge in [-0.15, -0.1) is 0 Å². The average molecular weight is 444 g/mol. The Morgan fingerprint density at radius 3 is 2.41 bits per heavy atom. The molecule has 1 unspecified atom stereocenters. The van der Waals surface area contributed by atoms with Crippen molar-refractivity contribution >= 4 is 23.5 Å². The van der Waals surface area contributed by atoms with Gasteiger partial charge in [0, 0.05) is 30.9 Å². The van der Waals surface area contributed by atoms with Gasteiger partial charge in [-0.25, -0.2) is 4.39 Å². The van der Waals surface area contributed by atoms with E-state index in [1.54, 1.807) is 12.1 Å². The van der Waals surface area contributed by atoms with Crippen LogP contribution in [0.25, 0.3) is 0 Å². The molecule has 0 bridgehead atoms. The van der Waals surface area contributed by atoms with Crippen molar-refractivity contribution < 1.29 is 9.13 Å². The van der Waals surface area contributed by atoms with Crippen LogP contribution in [0.1, 0.15) is 45.4 Å². The number of methoxy groups -OCH3 is 1. The van der Waals surface area contributed by atoms with Gasteiger partial charge in [0.1, 0.15) is 0 Å². The molecule has 1 aliphatic carbocycles. The maximum atomic E-state index is 14.1. The summed E-state index contributed by atoms with van der Waals surface area (Å²) >= 11 is 0. The molecule has 1 aromatic heterocycles. The number of anilines is 4. The van der Waals surface area contributed by atoms with Crippen molar-refractivity contribution in [2.24, 2.45) is 5.92 Å². The SMILES string of the molecule is CCN1CCCC1CNc1nc(NCC2CCCC2)nc(Nc2ccc(OC)c(F)c2)n1. The molecule has 1 aromatic carbocycles. The quantitative estimate of drug-likeness (QED) is 0.502. The normalized spacial score (nSPS) is 19.3. The summed E-state index contributed by atoms with van der Waals surface area (Å²) in [6.07, 6.45) is 7.47. The third-order valence-corrected chi connectivity index (χ3v) is 6.47. The Bertz CT molecular complexity index is 891. The summed E-state index contributed by atoms with van der Waals surface area (Å²) in [4.78, 5) is 16.1. The fourth-order valence-electron chi connectivity index (χ4n) is 4.67. The predicted molar refractivity (Wildman–Crippen MR) is 125 cm³/mol. The number of aromatic nitrogens is 3. The molecule has 174 valence electrons. The van der Waals surface area contributed by atoms with Crippen molar-refractivity contribution in [2.75, 3.05) is 49.2 Å². The molecular weight excluding hydrogens is 409 g/mol. The van der Waals surface area contributed by atoms with Crippen molar-refractivity contribution in [3.63, 3.8) is 0 Å². The molecule has 1 aliphatic heterocycles. The Balaban J connectivity index is 1.48. The number of halogens is 1. The second-order valence-electron chi connectivity index (χ2n) is 8.62. The Morgan fingerprint density at radius 1 is 1.00 bits per heavy atom. The highest BCUT2D eigenvalue weighted by molar-refractivity contribution is 5.57. The smallest absolute Gasteiger partial charge is 0.233 e. The lowest BCUT2D eigenvalue weighted by Gasteiger charge is -2.23. The molecule has 1 saturated heterocycles. The summed E-state index contributed by atoms with van der Waals surface area (Å²) in [5, 5.41) is 9.89. The van der Waals surface area contributed by atoms with Gasteiger partial charge in [0.25, 0.3) is 0 Å². The van der Waals surface area contributed by atoms with Gasteiger partial charge in [-0.05, 0) is 56.8 Å². The average Bonchev–Trinajstić information content (AvgIpc) is 3.48. The molecule has 2 aliphatic rings. The van der Waals surface area contributed by atoms with Crippen molar-refractivity contribution in [1.82, 2.24) is 19.9 Å². The molecule has 1 atom stereocenters. The summed E-state index contributed by atoms with van der Waals surface area (Å²) in [7, 11) is 1.45. The van der Waals surface area contributed by atoms with E-state index in [1.165, 1.54) is 51.7 Å². The maximum absolute atomic E-state index is 14.1. The highest BCUT2D eigenvalue weighted by Crippen LogP contribution is 2.26. The third-order valence-electron chi connectivity index (χ3n) is 6.47. The van der Waals surface area contributed by atoms with Gasteiger partial charge in [0.2, 0.25) is 17.8 Å². The van der Waals surface area contributed by atoms with Gasteiger partial charge >= 0.3 is 0 Å². The standard InChI is InChI=1S/C23H34FN7O/c1-3-31-12-6-9-18(31)15-26-22-28-21(25-14-16-7-4-5-8-16)29-23(30-22)27-17-10-11-20(32-2)19(24)13-17/h10-11,13,16,18H,3-9,12,14-15H2,1-2H3,(H3,25,26,27,28,29,30). The van der Waals surface area contributed by atoms with E-state index in [-0.39, 0.29) is 5.75 Å². The second-order valence-corrected chi connectivity index (χ2v) is 8.62. The lowest BCUT2D eigenvalue weighted by atomic mass is 10.1. The summed E-state index contributed by atoms with van der Waals surface area (Å²) in [5.41, 5.74) is 0.551. The molecule has 0 spiro atoms. The molecule has 0 amide bonds. The Kier molecular flexibility index (Phi) is 7.57. The number of rotatable bonds is 10. The number of hydrogen-bond donors (Lipinski definition) is 3. The van der Waals surface area contributed by atoms with Crippen LogP contribution in [0, 0.1) is 11.7 Å². The van der Waals surface area contributed by atoms with Crippen LogP contribution in [0.2, 0.25) is 0 Å². The number of nitrogens with one attached hydrogen (secondary N) is 3. The highest BCUT2D eigenvalue weighted by atomic mass is 19.1. The Labute approximate surface area is 189 Å². The minimum absolute atomic E-state index is 0.199. The largest absolute Gasteiger partial charge is 0.494 e.